The van der Waals surface area contributed by atoms with E-state index in [4.69, 9.17) is 23.2 Å². The quantitative estimate of drug-likeness (QED) is 0.858. The molecule has 0 saturated carbocycles. The Hall–Kier alpha value is -1.65. The molecule has 1 aromatic heterocycles. The van der Waals surface area contributed by atoms with Gasteiger partial charge in [-0.2, -0.15) is 5.10 Å². The molecule has 0 atom stereocenters. The van der Waals surface area contributed by atoms with Crippen molar-refractivity contribution in [3.63, 3.8) is 0 Å². The van der Waals surface area contributed by atoms with Gasteiger partial charge in [-0.1, -0.05) is 35.3 Å². The summed E-state index contributed by atoms with van der Waals surface area (Å²) in [7, 11) is 0. The summed E-state index contributed by atoms with van der Waals surface area (Å²) in [6.07, 6.45) is 2.73. The number of halogens is 3. The first-order valence-electron chi connectivity index (χ1n) is 5.01. The fourth-order valence-electron chi connectivity index (χ4n) is 1.33. The first kappa shape index (κ1) is 12.8. The normalized spacial score (nSPS) is 9.94. The third-order valence-electron chi connectivity index (χ3n) is 2.10. The highest BCUT2D eigenvalue weighted by atomic mass is 35.5. The van der Waals surface area contributed by atoms with E-state index in [1.807, 2.05) is 0 Å². The first-order valence-corrected chi connectivity index (χ1v) is 5.77. The van der Waals surface area contributed by atoms with E-state index >= 15 is 0 Å². The molecule has 2 rings (SSSR count). The number of H-pyrrole nitrogens is 1. The average Bonchev–Trinajstić information content (AvgIpc) is 2.42. The zero-order valence-electron chi connectivity index (χ0n) is 9.07. The maximum absolute atomic E-state index is 13.7. The van der Waals surface area contributed by atoms with Gasteiger partial charge in [0.2, 0.25) is 0 Å². The van der Waals surface area contributed by atoms with E-state index in [2.05, 4.69) is 15.2 Å². The number of nitrogens with one attached hydrogen (secondary N) is 1. The Bertz CT molecular complexity index is 612. The van der Waals surface area contributed by atoms with Gasteiger partial charge in [-0.05, 0) is 12.1 Å². The topological polar surface area (TPSA) is 41.6 Å². The number of rotatable bonds is 1. The van der Waals surface area contributed by atoms with Crippen LogP contribution in [0.4, 0.5) is 4.39 Å². The Labute approximate surface area is 113 Å². The molecule has 18 heavy (non-hydrogen) atoms. The smallest absolute Gasteiger partial charge is 0.132 e. The molecule has 92 valence electrons. The largest absolute Gasteiger partial charge is 0.267 e. The molecule has 0 unspecified atom stereocenters. The Kier molecular flexibility index (Phi) is 4.12. The van der Waals surface area contributed by atoms with E-state index in [1.54, 1.807) is 18.2 Å². The lowest BCUT2D eigenvalue weighted by atomic mass is 10.1. The lowest BCUT2D eigenvalue weighted by molar-refractivity contribution is 0.631. The van der Waals surface area contributed by atoms with Crippen molar-refractivity contribution >= 4 is 23.2 Å². The standard InChI is InChI=1S/C12H8Cl2FN3/c13-8-6-16-11(5-12(14)18-17-7-8)9-3-1-2-4-10(9)15/h1-7,18H. The molecular formula is C12H8Cl2FN3. The first-order chi connectivity index (χ1) is 8.66. The lowest BCUT2D eigenvalue weighted by Crippen LogP contribution is -1.85. The maximum Gasteiger partial charge on any atom is 0.132 e. The van der Waals surface area contributed by atoms with Crippen LogP contribution in [0.3, 0.4) is 0 Å². The van der Waals surface area contributed by atoms with E-state index in [9.17, 15) is 4.39 Å². The minimum atomic E-state index is -0.387. The number of hydrogen-bond acceptors (Lipinski definition) is 2. The van der Waals surface area contributed by atoms with Gasteiger partial charge in [-0.3, -0.25) is 10.1 Å². The zero-order chi connectivity index (χ0) is 13.0. The van der Waals surface area contributed by atoms with Gasteiger partial charge >= 0.3 is 0 Å². The van der Waals surface area contributed by atoms with Crippen LogP contribution >= 0.6 is 23.2 Å². The molecule has 0 amide bonds. The minimum absolute atomic E-state index is 0.216. The molecule has 0 aliphatic rings. The molecule has 1 N–H and O–H groups in total. The van der Waals surface area contributed by atoms with Crippen LogP contribution in [0.2, 0.25) is 10.2 Å². The van der Waals surface area contributed by atoms with Crippen molar-refractivity contribution < 1.29 is 4.39 Å². The molecule has 0 aliphatic carbocycles. The molecule has 0 saturated heterocycles. The Balaban J connectivity index is 2.68. The van der Waals surface area contributed by atoms with Crippen molar-refractivity contribution in [3.05, 3.63) is 58.7 Å². The van der Waals surface area contributed by atoms with E-state index in [-0.39, 0.29) is 11.0 Å². The van der Waals surface area contributed by atoms with Gasteiger partial charge in [0, 0.05) is 17.8 Å². The SMILES string of the molecule is Fc1ccccc1-c1cc(Cl)[nH]ncc(Cl)cn1. The summed E-state index contributed by atoms with van der Waals surface area (Å²) in [5.74, 6) is -0.387. The van der Waals surface area contributed by atoms with E-state index in [0.29, 0.717) is 16.3 Å². The minimum Gasteiger partial charge on any atom is -0.267 e. The Morgan fingerprint density at radius 1 is 1.11 bits per heavy atom. The number of aromatic amines is 1. The van der Waals surface area contributed by atoms with Crippen LogP contribution in [0.15, 0.2) is 42.7 Å². The summed E-state index contributed by atoms with van der Waals surface area (Å²) in [6, 6.07) is 7.74. The predicted molar refractivity (Wildman–Crippen MR) is 69.4 cm³/mol. The second-order valence-electron chi connectivity index (χ2n) is 3.37. The molecule has 1 heterocycles. The van der Waals surface area contributed by atoms with Crippen molar-refractivity contribution in [1.29, 1.82) is 0 Å². The summed E-state index contributed by atoms with van der Waals surface area (Å²) in [5.41, 5.74) is 0.689. The van der Waals surface area contributed by atoms with E-state index in [1.165, 1.54) is 24.5 Å². The molecule has 0 fully saturated rings. The van der Waals surface area contributed by atoms with Crippen molar-refractivity contribution in [3.8, 4) is 11.3 Å². The summed E-state index contributed by atoms with van der Waals surface area (Å²) in [4.78, 5) is 4.10. The molecule has 3 nitrogen and oxygen atoms in total. The van der Waals surface area contributed by atoms with Crippen LogP contribution in [0.1, 0.15) is 0 Å². The summed E-state index contributed by atoms with van der Waals surface area (Å²) in [5, 5.41) is 6.82. The van der Waals surface area contributed by atoms with Gasteiger partial charge in [0.1, 0.15) is 11.0 Å². The van der Waals surface area contributed by atoms with Crippen LogP contribution in [-0.4, -0.2) is 15.2 Å². The number of aromatic nitrogens is 3. The van der Waals surface area contributed by atoms with Crippen LogP contribution in [0, 0.1) is 5.82 Å². The molecule has 0 spiro atoms. The van der Waals surface area contributed by atoms with Crippen LogP contribution in [0.25, 0.3) is 11.3 Å². The van der Waals surface area contributed by atoms with Gasteiger partial charge in [0.05, 0.1) is 16.9 Å². The number of nitrogens with zero attached hydrogens (tertiary/aromatic N) is 2. The van der Waals surface area contributed by atoms with Crippen molar-refractivity contribution in [2.45, 2.75) is 0 Å². The highest BCUT2D eigenvalue weighted by Gasteiger charge is 2.04. The van der Waals surface area contributed by atoms with Crippen LogP contribution in [-0.2, 0) is 0 Å². The van der Waals surface area contributed by atoms with Gasteiger partial charge < -0.3 is 0 Å². The average molecular weight is 284 g/mol. The fourth-order valence-corrected chi connectivity index (χ4v) is 1.58. The summed E-state index contributed by atoms with van der Waals surface area (Å²) >= 11 is 11.7. The monoisotopic (exact) mass is 283 g/mol. The second-order valence-corrected chi connectivity index (χ2v) is 4.21. The third-order valence-corrected chi connectivity index (χ3v) is 2.49. The summed E-state index contributed by atoms with van der Waals surface area (Å²) in [6.45, 7) is 0. The molecule has 1 aromatic carbocycles. The van der Waals surface area contributed by atoms with Crippen molar-refractivity contribution in [1.82, 2.24) is 15.2 Å². The number of hydrogen-bond donors (Lipinski definition) is 1. The van der Waals surface area contributed by atoms with E-state index in [0.717, 1.165) is 0 Å². The molecule has 0 bridgehead atoms. The molecule has 0 aliphatic heterocycles. The van der Waals surface area contributed by atoms with Gasteiger partial charge in [0.25, 0.3) is 0 Å². The van der Waals surface area contributed by atoms with Crippen LogP contribution < -0.4 is 0 Å². The third kappa shape index (κ3) is 3.18. The second kappa shape index (κ2) is 5.80. The lowest BCUT2D eigenvalue weighted by Gasteiger charge is -1.99. The van der Waals surface area contributed by atoms with Gasteiger partial charge in [0.15, 0.2) is 0 Å². The molecule has 2 aromatic rings. The maximum atomic E-state index is 13.7. The van der Waals surface area contributed by atoms with Gasteiger partial charge in [-0.25, -0.2) is 4.39 Å². The Morgan fingerprint density at radius 3 is 2.67 bits per heavy atom. The zero-order valence-corrected chi connectivity index (χ0v) is 10.6. The predicted octanol–water partition coefficient (Wildman–Crippen LogP) is 4.04. The van der Waals surface area contributed by atoms with Crippen LogP contribution in [0.5, 0.6) is 0 Å². The van der Waals surface area contributed by atoms with Gasteiger partial charge in [-0.15, -0.1) is 0 Å². The molecular weight excluding hydrogens is 276 g/mol. The highest BCUT2D eigenvalue weighted by molar-refractivity contribution is 6.30. The fraction of sp³-hybridized carbons (Fsp3) is 0. The Morgan fingerprint density at radius 2 is 1.89 bits per heavy atom. The van der Waals surface area contributed by atoms with Crippen molar-refractivity contribution in [2.24, 2.45) is 0 Å². The molecule has 0 radical (unpaired) electrons. The number of benzene rings is 1. The van der Waals surface area contributed by atoms with E-state index < -0.39 is 0 Å². The highest BCUT2D eigenvalue weighted by Crippen LogP contribution is 2.21. The summed E-state index contributed by atoms with van der Waals surface area (Å²) < 4.78 is 13.7. The van der Waals surface area contributed by atoms with Crippen molar-refractivity contribution in [2.75, 3.05) is 0 Å². The molecule has 6 heteroatoms.